The number of aliphatic hydroxyl groups excluding tert-OH is 1. The van der Waals surface area contributed by atoms with E-state index in [9.17, 15) is 25.3 Å². The van der Waals surface area contributed by atoms with Crippen molar-refractivity contribution in [2.45, 2.75) is 12.6 Å². The van der Waals surface area contributed by atoms with Crippen LogP contribution in [-0.2, 0) is 6.54 Å². The third kappa shape index (κ3) is 3.91. The summed E-state index contributed by atoms with van der Waals surface area (Å²) in [4.78, 5) is 21.5. The number of aromatic nitrogens is 1. The number of fused-ring (bicyclic) bond motifs is 3. The van der Waals surface area contributed by atoms with Crippen molar-refractivity contribution in [3.05, 3.63) is 80.9 Å². The Labute approximate surface area is 181 Å². The summed E-state index contributed by atoms with van der Waals surface area (Å²) in [6, 6.07) is 16.1. The van der Waals surface area contributed by atoms with Crippen molar-refractivity contribution in [1.29, 1.82) is 0 Å². The lowest BCUT2D eigenvalue weighted by molar-refractivity contribution is -0.385. The molecule has 0 fully saturated rings. The van der Waals surface area contributed by atoms with E-state index in [0.717, 1.165) is 5.69 Å². The monoisotopic (exact) mass is 436 g/mol. The summed E-state index contributed by atoms with van der Waals surface area (Å²) in [7, 11) is 1.56. The van der Waals surface area contributed by atoms with Crippen LogP contribution in [0.3, 0.4) is 0 Å². The second-order valence-corrected chi connectivity index (χ2v) is 7.26. The van der Waals surface area contributed by atoms with Crippen LogP contribution in [0.15, 0.2) is 60.7 Å². The van der Waals surface area contributed by atoms with Gasteiger partial charge in [0.1, 0.15) is 5.75 Å². The van der Waals surface area contributed by atoms with Gasteiger partial charge in [0.25, 0.3) is 11.4 Å². The van der Waals surface area contributed by atoms with Crippen molar-refractivity contribution in [2.75, 3.05) is 19.0 Å². The largest absolute Gasteiger partial charge is 0.495 e. The van der Waals surface area contributed by atoms with Crippen LogP contribution in [0, 0.1) is 20.2 Å². The van der Waals surface area contributed by atoms with E-state index in [1.54, 1.807) is 19.2 Å². The molecule has 3 aromatic carbocycles. The van der Waals surface area contributed by atoms with Gasteiger partial charge in [-0.2, -0.15) is 0 Å². The predicted octanol–water partition coefficient (Wildman–Crippen LogP) is 4.09. The zero-order valence-corrected chi connectivity index (χ0v) is 17.1. The summed E-state index contributed by atoms with van der Waals surface area (Å²) >= 11 is 0. The first-order valence-electron chi connectivity index (χ1n) is 9.78. The fourth-order valence-corrected chi connectivity index (χ4v) is 3.80. The van der Waals surface area contributed by atoms with Gasteiger partial charge in [-0.05, 0) is 24.3 Å². The number of para-hydroxylation sites is 2. The van der Waals surface area contributed by atoms with Crippen molar-refractivity contribution in [1.82, 2.24) is 4.57 Å². The van der Waals surface area contributed by atoms with Crippen LogP contribution in [0.4, 0.5) is 17.1 Å². The lowest BCUT2D eigenvalue weighted by Crippen LogP contribution is -2.25. The number of methoxy groups -OCH3 is 1. The number of nitro benzene ring substituents is 2. The van der Waals surface area contributed by atoms with Crippen LogP contribution in [0.2, 0.25) is 0 Å². The van der Waals surface area contributed by atoms with E-state index in [2.05, 4.69) is 5.32 Å². The molecule has 4 aromatic rings. The maximum atomic E-state index is 11.2. The Morgan fingerprint density at radius 2 is 1.53 bits per heavy atom. The smallest absolute Gasteiger partial charge is 0.270 e. The highest BCUT2D eigenvalue weighted by molar-refractivity contribution is 6.09. The zero-order chi connectivity index (χ0) is 22.8. The average Bonchev–Trinajstić information content (AvgIpc) is 3.10. The van der Waals surface area contributed by atoms with E-state index in [1.807, 2.05) is 28.8 Å². The lowest BCUT2D eigenvalue weighted by Gasteiger charge is -2.17. The first kappa shape index (κ1) is 21.1. The molecular weight excluding hydrogens is 416 g/mol. The van der Waals surface area contributed by atoms with Crippen molar-refractivity contribution < 1.29 is 19.7 Å². The Kier molecular flexibility index (Phi) is 5.61. The Balaban J connectivity index is 1.70. The molecular formula is C22H20N4O6. The Morgan fingerprint density at radius 3 is 2.06 bits per heavy atom. The molecule has 1 aromatic heterocycles. The molecule has 32 heavy (non-hydrogen) atoms. The fraction of sp³-hybridized carbons (Fsp3) is 0.182. The zero-order valence-electron chi connectivity index (χ0n) is 17.1. The van der Waals surface area contributed by atoms with E-state index in [0.29, 0.717) is 27.6 Å². The molecule has 0 bridgehead atoms. The molecule has 0 spiro atoms. The molecule has 1 heterocycles. The van der Waals surface area contributed by atoms with Gasteiger partial charge in [0.15, 0.2) is 0 Å². The third-order valence-corrected chi connectivity index (χ3v) is 5.28. The van der Waals surface area contributed by atoms with Gasteiger partial charge in [-0.25, -0.2) is 0 Å². The molecule has 1 atom stereocenters. The molecule has 2 N–H and O–H groups in total. The van der Waals surface area contributed by atoms with Crippen LogP contribution >= 0.6 is 0 Å². The van der Waals surface area contributed by atoms with Gasteiger partial charge >= 0.3 is 0 Å². The van der Waals surface area contributed by atoms with Crippen molar-refractivity contribution in [3.63, 3.8) is 0 Å². The molecule has 0 aliphatic heterocycles. The van der Waals surface area contributed by atoms with Crippen LogP contribution in [0.1, 0.15) is 0 Å². The molecule has 0 aliphatic rings. The summed E-state index contributed by atoms with van der Waals surface area (Å²) in [6.45, 7) is 0.402. The number of ether oxygens (including phenoxy) is 1. The second-order valence-electron chi connectivity index (χ2n) is 7.26. The van der Waals surface area contributed by atoms with E-state index in [4.69, 9.17) is 4.74 Å². The van der Waals surface area contributed by atoms with Gasteiger partial charge in [0.05, 0.1) is 35.3 Å². The van der Waals surface area contributed by atoms with Crippen LogP contribution in [0.25, 0.3) is 21.8 Å². The molecule has 0 aliphatic carbocycles. The van der Waals surface area contributed by atoms with Crippen LogP contribution in [-0.4, -0.2) is 39.3 Å². The molecule has 0 saturated heterocycles. The predicted molar refractivity (Wildman–Crippen MR) is 120 cm³/mol. The SMILES string of the molecule is COc1ccccc1NCC(O)Cn1c2ccc([N+](=O)[O-])cc2c2cc([N+](=O)[O-])ccc21. The second kappa shape index (κ2) is 8.52. The maximum absolute atomic E-state index is 11.2. The number of benzene rings is 3. The Bertz CT molecular complexity index is 1260. The van der Waals surface area contributed by atoms with Gasteiger partial charge in [-0.1, -0.05) is 12.1 Å². The molecule has 0 amide bonds. The molecule has 4 rings (SSSR count). The summed E-state index contributed by atoms with van der Waals surface area (Å²) in [5.41, 5.74) is 1.80. The minimum Gasteiger partial charge on any atom is -0.495 e. The van der Waals surface area contributed by atoms with Crippen molar-refractivity contribution in [3.8, 4) is 5.75 Å². The van der Waals surface area contributed by atoms with E-state index in [1.165, 1.54) is 24.3 Å². The third-order valence-electron chi connectivity index (χ3n) is 5.28. The first-order chi connectivity index (χ1) is 15.4. The summed E-state index contributed by atoms with van der Waals surface area (Å²) < 4.78 is 7.11. The number of non-ortho nitro benzene ring substituents is 2. The standard InChI is InChI=1S/C22H20N4O6/c1-32-22-5-3-2-4-19(22)23-12-16(27)13-24-20-8-6-14(25(28)29)10-17(20)18-11-15(26(30)31)7-9-21(18)24/h2-11,16,23,27H,12-13H2,1H3. The van der Waals surface area contributed by atoms with Gasteiger partial charge in [0.2, 0.25) is 0 Å². The lowest BCUT2D eigenvalue weighted by atomic mass is 10.1. The van der Waals surface area contributed by atoms with Gasteiger partial charge in [-0.15, -0.1) is 0 Å². The Morgan fingerprint density at radius 1 is 0.969 bits per heavy atom. The van der Waals surface area contributed by atoms with Gasteiger partial charge in [0, 0.05) is 52.6 Å². The number of hydrogen-bond acceptors (Lipinski definition) is 7. The van der Waals surface area contributed by atoms with Crippen LogP contribution in [0.5, 0.6) is 5.75 Å². The highest BCUT2D eigenvalue weighted by atomic mass is 16.6. The van der Waals surface area contributed by atoms with Crippen LogP contribution < -0.4 is 10.1 Å². The van der Waals surface area contributed by atoms with E-state index in [-0.39, 0.29) is 24.5 Å². The molecule has 0 radical (unpaired) electrons. The molecule has 0 saturated carbocycles. The summed E-state index contributed by atoms with van der Waals surface area (Å²) in [5, 5.41) is 37.4. The minimum atomic E-state index is -0.816. The van der Waals surface area contributed by atoms with E-state index >= 15 is 0 Å². The first-order valence-corrected chi connectivity index (χ1v) is 9.78. The van der Waals surface area contributed by atoms with Gasteiger partial charge in [-0.3, -0.25) is 20.2 Å². The molecule has 164 valence electrons. The van der Waals surface area contributed by atoms with Gasteiger partial charge < -0.3 is 19.7 Å². The number of nitrogens with zero attached hydrogens (tertiary/aromatic N) is 3. The molecule has 1 unspecified atom stereocenters. The number of rotatable bonds is 8. The maximum Gasteiger partial charge on any atom is 0.270 e. The van der Waals surface area contributed by atoms with E-state index < -0.39 is 16.0 Å². The average molecular weight is 436 g/mol. The number of nitro groups is 2. The molecule has 10 heteroatoms. The minimum absolute atomic E-state index is 0.110. The normalized spacial score (nSPS) is 12.1. The highest BCUT2D eigenvalue weighted by Gasteiger charge is 2.19. The number of aliphatic hydroxyl groups is 1. The Hall–Kier alpha value is -4.18. The van der Waals surface area contributed by atoms with Crippen molar-refractivity contribution >= 4 is 38.9 Å². The quantitative estimate of drug-likeness (QED) is 0.314. The fourth-order valence-electron chi connectivity index (χ4n) is 3.80. The number of hydrogen-bond donors (Lipinski definition) is 2. The topological polar surface area (TPSA) is 133 Å². The summed E-state index contributed by atoms with van der Waals surface area (Å²) in [5.74, 6) is 0.649. The summed E-state index contributed by atoms with van der Waals surface area (Å²) in [6.07, 6.45) is -0.816. The number of anilines is 1. The highest BCUT2D eigenvalue weighted by Crippen LogP contribution is 2.34. The molecule has 10 nitrogen and oxygen atoms in total. The van der Waals surface area contributed by atoms with Crippen molar-refractivity contribution in [2.24, 2.45) is 0 Å². The number of nitrogens with one attached hydrogen (secondary N) is 1.